The molecule has 8 aromatic rings. The summed E-state index contributed by atoms with van der Waals surface area (Å²) in [4.78, 5) is 2.34. The Morgan fingerprint density at radius 2 is 0.935 bits per heavy atom. The van der Waals surface area contributed by atoms with Gasteiger partial charge in [0, 0.05) is 7.05 Å². The highest BCUT2D eigenvalue weighted by atomic mass is 15.3. The molecule has 0 saturated carbocycles. The van der Waals surface area contributed by atoms with Crippen molar-refractivity contribution < 1.29 is 0 Å². The molecule has 0 bridgehead atoms. The van der Waals surface area contributed by atoms with Crippen LogP contribution in [0.4, 0.5) is 11.4 Å². The smallest absolute Gasteiger partial charge is 0.125 e. The summed E-state index contributed by atoms with van der Waals surface area (Å²) in [5, 5.41) is 11.4. The van der Waals surface area contributed by atoms with Crippen LogP contribution in [0.3, 0.4) is 0 Å². The first-order valence-corrected chi connectivity index (χ1v) is 15.9. The summed E-state index contributed by atoms with van der Waals surface area (Å²) in [5.74, 6) is 0. The highest BCUT2D eigenvalue weighted by Crippen LogP contribution is 2.47. The van der Waals surface area contributed by atoms with E-state index in [9.17, 15) is 0 Å². The van der Waals surface area contributed by atoms with Crippen LogP contribution < -0.4 is 10.2 Å². The van der Waals surface area contributed by atoms with Crippen molar-refractivity contribution in [1.29, 1.82) is 0 Å². The second-order valence-electron chi connectivity index (χ2n) is 12.3. The lowest BCUT2D eigenvalue weighted by Gasteiger charge is -2.22. The van der Waals surface area contributed by atoms with E-state index in [-0.39, 0.29) is 6.17 Å². The molecule has 2 heteroatoms. The van der Waals surface area contributed by atoms with Crippen LogP contribution >= 0.6 is 0 Å². The van der Waals surface area contributed by atoms with Gasteiger partial charge in [-0.3, -0.25) is 0 Å². The van der Waals surface area contributed by atoms with E-state index in [1.807, 2.05) is 0 Å². The first kappa shape index (κ1) is 26.5. The minimum Gasteiger partial charge on any atom is -0.360 e. The fourth-order valence-corrected chi connectivity index (χ4v) is 7.39. The van der Waals surface area contributed by atoms with E-state index in [2.05, 4.69) is 181 Å². The van der Waals surface area contributed by atoms with Crippen LogP contribution in [0, 0.1) is 0 Å². The van der Waals surface area contributed by atoms with Gasteiger partial charge >= 0.3 is 0 Å². The van der Waals surface area contributed by atoms with Gasteiger partial charge in [0.05, 0.1) is 11.4 Å². The fourth-order valence-electron chi connectivity index (χ4n) is 7.39. The van der Waals surface area contributed by atoms with Gasteiger partial charge in [0.2, 0.25) is 0 Å². The number of nitrogens with one attached hydrogen (secondary N) is 1. The zero-order chi connectivity index (χ0) is 30.6. The van der Waals surface area contributed by atoms with Crippen molar-refractivity contribution in [1.82, 2.24) is 0 Å². The zero-order valence-corrected chi connectivity index (χ0v) is 25.6. The van der Waals surface area contributed by atoms with Gasteiger partial charge in [0.15, 0.2) is 0 Å². The zero-order valence-electron chi connectivity index (χ0n) is 25.6. The van der Waals surface area contributed by atoms with E-state index in [0.717, 1.165) is 5.69 Å². The standard InChI is InChI=1S/C44H32N2/c1-46-41-26-25-35(28-40(41)45-44(46)32-22-19-31(20-23-32)29-11-3-2-4-12-29)43-38-17-9-7-15-36(38)42(37-16-8-10-18-39(37)43)34-24-21-30-13-5-6-14-33(30)27-34/h2-28,44-45H,1H3. The maximum absolute atomic E-state index is 3.85. The highest BCUT2D eigenvalue weighted by molar-refractivity contribution is 6.22. The number of hydrogen-bond acceptors (Lipinski definition) is 2. The van der Waals surface area contributed by atoms with Gasteiger partial charge in [-0.2, -0.15) is 0 Å². The topological polar surface area (TPSA) is 15.3 Å². The number of fused-ring (bicyclic) bond motifs is 4. The van der Waals surface area contributed by atoms with Crippen LogP contribution in [-0.2, 0) is 0 Å². The minimum atomic E-state index is 0.0684. The van der Waals surface area contributed by atoms with Gasteiger partial charge in [-0.25, -0.2) is 0 Å². The summed E-state index contributed by atoms with van der Waals surface area (Å²) < 4.78 is 0. The van der Waals surface area contributed by atoms with Crippen LogP contribution in [0.25, 0.3) is 65.7 Å². The lowest BCUT2D eigenvalue weighted by molar-refractivity contribution is 0.792. The van der Waals surface area contributed by atoms with Crippen molar-refractivity contribution in [3.8, 4) is 33.4 Å². The molecule has 0 aromatic heterocycles. The molecule has 0 radical (unpaired) electrons. The predicted molar refractivity (Wildman–Crippen MR) is 196 cm³/mol. The van der Waals surface area contributed by atoms with E-state index in [0.29, 0.717) is 0 Å². The van der Waals surface area contributed by atoms with E-state index < -0.39 is 0 Å². The molecule has 1 aliphatic rings. The Morgan fingerprint density at radius 3 is 1.59 bits per heavy atom. The lowest BCUT2D eigenvalue weighted by Crippen LogP contribution is -2.23. The second-order valence-corrected chi connectivity index (χ2v) is 12.3. The van der Waals surface area contributed by atoms with Crippen LogP contribution in [0.15, 0.2) is 164 Å². The van der Waals surface area contributed by atoms with E-state index >= 15 is 0 Å². The van der Waals surface area contributed by atoms with Crippen molar-refractivity contribution in [2.45, 2.75) is 6.17 Å². The molecule has 0 amide bonds. The molecule has 0 saturated heterocycles. The molecule has 8 aromatic carbocycles. The Morgan fingerprint density at radius 1 is 0.435 bits per heavy atom. The first-order chi connectivity index (χ1) is 22.7. The van der Waals surface area contributed by atoms with E-state index in [4.69, 9.17) is 0 Å². The fraction of sp³-hybridized carbons (Fsp3) is 0.0455. The van der Waals surface area contributed by atoms with Crippen molar-refractivity contribution in [3.63, 3.8) is 0 Å². The monoisotopic (exact) mass is 588 g/mol. The van der Waals surface area contributed by atoms with Crippen LogP contribution in [0.1, 0.15) is 11.7 Å². The molecular weight excluding hydrogens is 556 g/mol. The summed E-state index contributed by atoms with van der Waals surface area (Å²) in [7, 11) is 2.18. The van der Waals surface area contributed by atoms with Crippen molar-refractivity contribution >= 4 is 43.7 Å². The third-order valence-corrected chi connectivity index (χ3v) is 9.65. The minimum absolute atomic E-state index is 0.0684. The van der Waals surface area contributed by atoms with Gasteiger partial charge in [0.25, 0.3) is 0 Å². The number of rotatable bonds is 4. The maximum Gasteiger partial charge on any atom is 0.125 e. The Balaban J connectivity index is 1.15. The Kier molecular flexibility index (Phi) is 6.14. The molecule has 1 heterocycles. The third-order valence-electron chi connectivity index (χ3n) is 9.65. The molecule has 0 fully saturated rings. The Bertz CT molecular complexity index is 2350. The maximum atomic E-state index is 3.85. The van der Waals surface area contributed by atoms with Gasteiger partial charge in [0.1, 0.15) is 6.17 Å². The number of hydrogen-bond donors (Lipinski definition) is 1. The normalized spacial score (nSPS) is 14.1. The Labute approximate surface area is 269 Å². The summed E-state index contributed by atoms with van der Waals surface area (Å²) in [6.45, 7) is 0. The molecule has 46 heavy (non-hydrogen) atoms. The molecule has 218 valence electrons. The van der Waals surface area contributed by atoms with Gasteiger partial charge in [-0.05, 0) is 89.5 Å². The second kappa shape index (κ2) is 10.6. The van der Waals surface area contributed by atoms with Crippen molar-refractivity contribution in [2.75, 3.05) is 17.3 Å². The summed E-state index contributed by atoms with van der Waals surface area (Å²) in [5.41, 5.74) is 11.1. The number of anilines is 2. The molecule has 2 nitrogen and oxygen atoms in total. The molecule has 0 spiro atoms. The molecule has 1 unspecified atom stereocenters. The number of nitrogens with zero attached hydrogens (tertiary/aromatic N) is 1. The van der Waals surface area contributed by atoms with Crippen LogP contribution in [-0.4, -0.2) is 7.05 Å². The molecule has 1 atom stereocenters. The quantitative estimate of drug-likeness (QED) is 0.206. The lowest BCUT2D eigenvalue weighted by atomic mass is 9.85. The van der Waals surface area contributed by atoms with Crippen molar-refractivity contribution in [3.05, 3.63) is 169 Å². The Hall–Kier alpha value is -5.86. The predicted octanol–water partition coefficient (Wildman–Crippen LogP) is 11.7. The summed E-state index contributed by atoms with van der Waals surface area (Å²) >= 11 is 0. The average molecular weight is 589 g/mol. The van der Waals surface area contributed by atoms with E-state index in [1.54, 1.807) is 0 Å². The van der Waals surface area contributed by atoms with E-state index in [1.165, 1.54) is 76.9 Å². The van der Waals surface area contributed by atoms with Gasteiger partial charge < -0.3 is 10.2 Å². The van der Waals surface area contributed by atoms with Gasteiger partial charge in [-0.15, -0.1) is 0 Å². The summed E-state index contributed by atoms with van der Waals surface area (Å²) in [6.07, 6.45) is 0.0684. The van der Waals surface area contributed by atoms with Crippen LogP contribution in [0.5, 0.6) is 0 Å². The van der Waals surface area contributed by atoms with Crippen LogP contribution in [0.2, 0.25) is 0 Å². The largest absolute Gasteiger partial charge is 0.360 e. The molecule has 1 N–H and O–H groups in total. The van der Waals surface area contributed by atoms with Crippen molar-refractivity contribution in [2.24, 2.45) is 0 Å². The molecular formula is C44H32N2. The third kappa shape index (κ3) is 4.26. The highest BCUT2D eigenvalue weighted by Gasteiger charge is 2.28. The molecule has 0 aliphatic carbocycles. The summed E-state index contributed by atoms with van der Waals surface area (Å²) in [6, 6.07) is 59.7. The first-order valence-electron chi connectivity index (χ1n) is 15.9. The molecule has 1 aliphatic heterocycles. The number of benzene rings is 8. The molecule has 9 rings (SSSR count). The SMILES string of the molecule is CN1c2ccc(-c3c4ccccc4c(-c4ccc5ccccc5c4)c4ccccc34)cc2NC1c1ccc(-c2ccccc2)cc1. The van der Waals surface area contributed by atoms with Gasteiger partial charge in [-0.1, -0.05) is 146 Å². The average Bonchev–Trinajstić information content (AvgIpc) is 3.46.